The van der Waals surface area contributed by atoms with Crippen LogP contribution in [0.2, 0.25) is 0 Å². The zero-order valence-corrected chi connectivity index (χ0v) is 11.7. The quantitative estimate of drug-likeness (QED) is 0.821. The zero-order chi connectivity index (χ0) is 13.9. The molecule has 0 radical (unpaired) electrons. The van der Waals surface area contributed by atoms with Gasteiger partial charge < -0.3 is 10.6 Å². The highest BCUT2D eigenvalue weighted by Gasteiger charge is 2.32. The summed E-state index contributed by atoms with van der Waals surface area (Å²) >= 11 is 5.25. The highest BCUT2D eigenvalue weighted by molar-refractivity contribution is 7.80. The van der Waals surface area contributed by atoms with Gasteiger partial charge in [0.25, 0.3) is 0 Å². The molecule has 0 aromatic heterocycles. The monoisotopic (exact) mass is 284 g/mol. The van der Waals surface area contributed by atoms with E-state index in [-0.39, 0.29) is 5.54 Å². The molecule has 104 valence electrons. The first-order valence-electron chi connectivity index (χ1n) is 6.59. The standard InChI is InChI=1S/C14H18F2N2S/c1-2-14(7-3-4-8-14)18-13(19)17-10-5-6-11(15)12(16)9-10/h5-6,9H,2-4,7-8H2,1H3,(H2,17,18,19). The maximum absolute atomic E-state index is 13.1. The Bertz CT molecular complexity index is 471. The van der Waals surface area contributed by atoms with E-state index in [4.69, 9.17) is 12.2 Å². The number of rotatable bonds is 3. The Kier molecular flexibility index (Phi) is 4.34. The van der Waals surface area contributed by atoms with Crippen LogP contribution in [0.25, 0.3) is 0 Å². The van der Waals surface area contributed by atoms with Crippen LogP contribution in [0, 0.1) is 11.6 Å². The van der Waals surface area contributed by atoms with Crippen LogP contribution in [0.15, 0.2) is 18.2 Å². The van der Waals surface area contributed by atoms with Crippen molar-refractivity contribution in [1.29, 1.82) is 0 Å². The van der Waals surface area contributed by atoms with E-state index in [1.54, 1.807) is 0 Å². The molecule has 0 spiro atoms. The molecule has 2 rings (SSSR count). The Morgan fingerprint density at radius 2 is 1.95 bits per heavy atom. The second kappa shape index (κ2) is 5.82. The van der Waals surface area contributed by atoms with Crippen molar-refractivity contribution in [2.45, 2.75) is 44.6 Å². The molecule has 1 aromatic rings. The van der Waals surface area contributed by atoms with Gasteiger partial charge in [0.15, 0.2) is 16.7 Å². The van der Waals surface area contributed by atoms with Gasteiger partial charge in [0, 0.05) is 17.3 Å². The summed E-state index contributed by atoms with van der Waals surface area (Å²) in [7, 11) is 0. The molecule has 19 heavy (non-hydrogen) atoms. The summed E-state index contributed by atoms with van der Waals surface area (Å²) in [5.74, 6) is -1.73. The van der Waals surface area contributed by atoms with E-state index in [1.807, 2.05) is 0 Å². The average molecular weight is 284 g/mol. The molecule has 2 N–H and O–H groups in total. The number of hydrogen-bond acceptors (Lipinski definition) is 1. The second-order valence-corrected chi connectivity index (χ2v) is 5.46. The van der Waals surface area contributed by atoms with Gasteiger partial charge in [-0.2, -0.15) is 0 Å². The van der Waals surface area contributed by atoms with E-state index in [1.165, 1.54) is 18.9 Å². The third-order valence-corrected chi connectivity index (χ3v) is 4.00. The summed E-state index contributed by atoms with van der Waals surface area (Å²) in [6.45, 7) is 2.14. The van der Waals surface area contributed by atoms with Crippen LogP contribution in [0.1, 0.15) is 39.0 Å². The van der Waals surface area contributed by atoms with Crippen LogP contribution < -0.4 is 10.6 Å². The molecule has 1 aromatic carbocycles. The third kappa shape index (κ3) is 3.41. The van der Waals surface area contributed by atoms with Crippen molar-refractivity contribution in [2.75, 3.05) is 5.32 Å². The minimum Gasteiger partial charge on any atom is -0.357 e. The Morgan fingerprint density at radius 3 is 2.53 bits per heavy atom. The van der Waals surface area contributed by atoms with Gasteiger partial charge >= 0.3 is 0 Å². The minimum absolute atomic E-state index is 0.0582. The molecule has 0 saturated heterocycles. The molecule has 5 heteroatoms. The third-order valence-electron chi connectivity index (χ3n) is 3.79. The normalized spacial score (nSPS) is 17.2. The summed E-state index contributed by atoms with van der Waals surface area (Å²) in [6.07, 6.45) is 5.61. The first kappa shape index (κ1) is 14.2. The van der Waals surface area contributed by atoms with Gasteiger partial charge in [0.05, 0.1) is 0 Å². The van der Waals surface area contributed by atoms with E-state index < -0.39 is 11.6 Å². The molecule has 1 aliphatic rings. The van der Waals surface area contributed by atoms with E-state index in [9.17, 15) is 8.78 Å². The Labute approximate surface area is 117 Å². The lowest BCUT2D eigenvalue weighted by atomic mass is 9.95. The number of benzene rings is 1. The molecule has 0 aliphatic heterocycles. The fraction of sp³-hybridized carbons (Fsp3) is 0.500. The topological polar surface area (TPSA) is 24.1 Å². The van der Waals surface area contributed by atoms with Gasteiger partial charge in [-0.3, -0.25) is 0 Å². The van der Waals surface area contributed by atoms with Crippen molar-refractivity contribution in [3.05, 3.63) is 29.8 Å². The molecule has 0 heterocycles. The number of halogens is 2. The molecule has 0 bridgehead atoms. The minimum atomic E-state index is -0.876. The molecule has 0 unspecified atom stereocenters. The molecule has 0 atom stereocenters. The molecule has 0 amide bonds. The van der Waals surface area contributed by atoms with Crippen molar-refractivity contribution in [1.82, 2.24) is 5.32 Å². The molecule has 1 aliphatic carbocycles. The van der Waals surface area contributed by atoms with Crippen LogP contribution >= 0.6 is 12.2 Å². The largest absolute Gasteiger partial charge is 0.357 e. The van der Waals surface area contributed by atoms with Gasteiger partial charge in [0.2, 0.25) is 0 Å². The van der Waals surface area contributed by atoms with Gasteiger partial charge in [0.1, 0.15) is 0 Å². The maximum atomic E-state index is 13.1. The van der Waals surface area contributed by atoms with E-state index >= 15 is 0 Å². The van der Waals surface area contributed by atoms with Crippen LogP contribution in [0.5, 0.6) is 0 Å². The number of anilines is 1. The zero-order valence-electron chi connectivity index (χ0n) is 10.9. The molecule has 2 nitrogen and oxygen atoms in total. The first-order valence-corrected chi connectivity index (χ1v) is 7.00. The highest BCUT2D eigenvalue weighted by Crippen LogP contribution is 2.32. The number of thiocarbonyl (C=S) groups is 1. The Balaban J connectivity index is 1.99. The average Bonchev–Trinajstić information content (AvgIpc) is 2.83. The lowest BCUT2D eigenvalue weighted by Crippen LogP contribution is -2.47. The summed E-state index contributed by atoms with van der Waals surface area (Å²) in [6, 6.07) is 3.67. The fourth-order valence-electron chi connectivity index (χ4n) is 2.60. The van der Waals surface area contributed by atoms with Crippen LogP contribution in [-0.4, -0.2) is 10.7 Å². The van der Waals surface area contributed by atoms with Gasteiger partial charge in [-0.15, -0.1) is 0 Å². The fourth-order valence-corrected chi connectivity index (χ4v) is 2.93. The van der Waals surface area contributed by atoms with E-state index in [2.05, 4.69) is 17.6 Å². The van der Waals surface area contributed by atoms with Crippen molar-refractivity contribution >= 4 is 23.0 Å². The van der Waals surface area contributed by atoms with Crippen molar-refractivity contribution < 1.29 is 8.78 Å². The SMILES string of the molecule is CCC1(NC(=S)Nc2ccc(F)c(F)c2)CCCC1. The van der Waals surface area contributed by atoms with Crippen LogP contribution in [0.3, 0.4) is 0 Å². The lowest BCUT2D eigenvalue weighted by molar-refractivity contribution is 0.378. The summed E-state index contributed by atoms with van der Waals surface area (Å²) in [5, 5.41) is 6.71. The molecular weight excluding hydrogens is 266 g/mol. The number of nitrogens with one attached hydrogen (secondary N) is 2. The van der Waals surface area contributed by atoms with Crippen LogP contribution in [-0.2, 0) is 0 Å². The predicted octanol–water partition coefficient (Wildman–Crippen LogP) is 3.97. The Hall–Kier alpha value is -1.23. The molecule has 1 saturated carbocycles. The van der Waals surface area contributed by atoms with E-state index in [0.29, 0.717) is 10.8 Å². The highest BCUT2D eigenvalue weighted by atomic mass is 32.1. The summed E-state index contributed by atoms with van der Waals surface area (Å²) in [5.41, 5.74) is 0.517. The lowest BCUT2D eigenvalue weighted by Gasteiger charge is -2.30. The first-order chi connectivity index (χ1) is 9.04. The van der Waals surface area contributed by atoms with Gasteiger partial charge in [-0.1, -0.05) is 19.8 Å². The molecular formula is C14H18F2N2S. The van der Waals surface area contributed by atoms with Crippen molar-refractivity contribution in [3.63, 3.8) is 0 Å². The summed E-state index contributed by atoms with van der Waals surface area (Å²) in [4.78, 5) is 0. The predicted molar refractivity (Wildman–Crippen MR) is 77.2 cm³/mol. The second-order valence-electron chi connectivity index (χ2n) is 5.05. The van der Waals surface area contributed by atoms with Crippen molar-refractivity contribution in [3.8, 4) is 0 Å². The molecule has 1 fully saturated rings. The smallest absolute Gasteiger partial charge is 0.171 e. The van der Waals surface area contributed by atoms with Crippen LogP contribution in [0.4, 0.5) is 14.5 Å². The van der Waals surface area contributed by atoms with Gasteiger partial charge in [-0.25, -0.2) is 8.78 Å². The maximum Gasteiger partial charge on any atom is 0.171 e. The van der Waals surface area contributed by atoms with Gasteiger partial charge in [-0.05, 0) is 43.6 Å². The van der Waals surface area contributed by atoms with E-state index in [0.717, 1.165) is 31.4 Å². The number of hydrogen-bond donors (Lipinski definition) is 2. The Morgan fingerprint density at radius 1 is 1.26 bits per heavy atom. The summed E-state index contributed by atoms with van der Waals surface area (Å²) < 4.78 is 25.9. The van der Waals surface area contributed by atoms with Crippen molar-refractivity contribution in [2.24, 2.45) is 0 Å².